The molecule has 0 saturated heterocycles. The number of hydrogen-bond acceptors (Lipinski definition) is 4. The molecule has 0 aliphatic carbocycles. The van der Waals surface area contributed by atoms with Gasteiger partial charge in [-0.15, -0.1) is 0 Å². The number of carbonyl (C=O) groups is 2. The topological polar surface area (TPSA) is 76.7 Å². The van der Waals surface area contributed by atoms with Gasteiger partial charge in [-0.05, 0) is 54.3 Å². The number of anilines is 1. The highest BCUT2D eigenvalue weighted by atomic mass is 19.1. The van der Waals surface area contributed by atoms with Crippen LogP contribution in [0.2, 0.25) is 0 Å². The highest BCUT2D eigenvalue weighted by molar-refractivity contribution is 6.03. The number of aryl methyl sites for hydroxylation is 1. The number of rotatable bonds is 10. The first-order valence-corrected chi connectivity index (χ1v) is 10.6. The third-order valence-electron chi connectivity index (χ3n) is 5.17. The number of ether oxygens (including phenoxy) is 2. The van der Waals surface area contributed by atoms with Gasteiger partial charge < -0.3 is 20.1 Å². The van der Waals surface area contributed by atoms with Gasteiger partial charge >= 0.3 is 0 Å². The van der Waals surface area contributed by atoms with E-state index in [-0.39, 0.29) is 30.5 Å². The summed E-state index contributed by atoms with van der Waals surface area (Å²) in [6.45, 7) is 0.407. The average Bonchev–Trinajstić information content (AvgIpc) is 2.83. The maximum absolute atomic E-state index is 13.8. The molecule has 0 aliphatic rings. The molecule has 3 aromatic rings. The third-order valence-corrected chi connectivity index (χ3v) is 5.17. The number of benzene rings is 3. The first kappa shape index (κ1) is 23.8. The Hall–Kier alpha value is -3.87. The largest absolute Gasteiger partial charge is 0.493 e. The lowest BCUT2D eigenvalue weighted by Gasteiger charge is -2.12. The molecule has 0 radical (unpaired) electrons. The van der Waals surface area contributed by atoms with E-state index in [9.17, 15) is 14.0 Å². The van der Waals surface area contributed by atoms with Crippen molar-refractivity contribution < 1.29 is 23.5 Å². The molecule has 6 nitrogen and oxygen atoms in total. The standard InChI is InChI=1S/C26H27FN2O4/c1-32-23-13-11-18(17-24(23)33-2)15-16-28-26(31)20-8-4-6-10-22(20)29-25(30)14-12-19-7-3-5-9-21(19)27/h3-11,13,17H,12,14-16H2,1-2H3,(H,28,31)(H,29,30). The van der Waals surface area contributed by atoms with Crippen molar-refractivity contribution in [2.24, 2.45) is 0 Å². The zero-order valence-corrected chi connectivity index (χ0v) is 18.7. The van der Waals surface area contributed by atoms with Gasteiger partial charge in [-0.2, -0.15) is 0 Å². The number of nitrogens with one attached hydrogen (secondary N) is 2. The minimum absolute atomic E-state index is 0.107. The Labute approximate surface area is 192 Å². The predicted molar refractivity (Wildman–Crippen MR) is 125 cm³/mol. The van der Waals surface area contributed by atoms with Gasteiger partial charge in [0.25, 0.3) is 5.91 Å². The fraction of sp³-hybridized carbons (Fsp3) is 0.231. The van der Waals surface area contributed by atoms with Crippen LogP contribution >= 0.6 is 0 Å². The molecule has 0 aromatic heterocycles. The van der Waals surface area contributed by atoms with E-state index in [1.54, 1.807) is 56.7 Å². The maximum atomic E-state index is 13.8. The molecule has 0 fully saturated rings. The van der Waals surface area contributed by atoms with Gasteiger partial charge in [0.05, 0.1) is 25.5 Å². The molecule has 172 valence electrons. The molecule has 0 heterocycles. The van der Waals surface area contributed by atoms with E-state index in [1.807, 2.05) is 18.2 Å². The Balaban J connectivity index is 1.56. The molecule has 0 unspecified atom stereocenters. The summed E-state index contributed by atoms with van der Waals surface area (Å²) in [5.41, 5.74) is 2.25. The van der Waals surface area contributed by atoms with E-state index in [1.165, 1.54) is 6.07 Å². The molecule has 2 amide bonds. The van der Waals surface area contributed by atoms with Gasteiger partial charge in [0, 0.05) is 13.0 Å². The number of amides is 2. The van der Waals surface area contributed by atoms with Crippen molar-refractivity contribution in [2.45, 2.75) is 19.3 Å². The van der Waals surface area contributed by atoms with Crippen molar-refractivity contribution in [1.82, 2.24) is 5.32 Å². The lowest BCUT2D eigenvalue weighted by Crippen LogP contribution is -2.27. The summed E-state index contributed by atoms with van der Waals surface area (Å²) >= 11 is 0. The Morgan fingerprint density at radius 2 is 1.61 bits per heavy atom. The first-order valence-electron chi connectivity index (χ1n) is 10.6. The lowest BCUT2D eigenvalue weighted by atomic mass is 10.1. The van der Waals surface area contributed by atoms with Crippen molar-refractivity contribution in [2.75, 3.05) is 26.1 Å². The fourth-order valence-corrected chi connectivity index (χ4v) is 3.40. The van der Waals surface area contributed by atoms with Gasteiger partial charge in [0.2, 0.25) is 5.91 Å². The van der Waals surface area contributed by atoms with Gasteiger partial charge in [0.15, 0.2) is 11.5 Å². The first-order chi connectivity index (χ1) is 16.0. The molecule has 7 heteroatoms. The summed E-state index contributed by atoms with van der Waals surface area (Å²) in [6.07, 6.45) is 0.984. The molecule has 3 rings (SSSR count). The van der Waals surface area contributed by atoms with Crippen LogP contribution in [0.3, 0.4) is 0 Å². The van der Waals surface area contributed by atoms with Crippen LogP contribution in [-0.2, 0) is 17.6 Å². The Kier molecular flexibility index (Phi) is 8.41. The Bertz CT molecular complexity index is 1120. The number of carbonyl (C=O) groups excluding carboxylic acids is 2. The molecule has 0 saturated carbocycles. The normalized spacial score (nSPS) is 10.4. The quantitative estimate of drug-likeness (QED) is 0.480. The average molecular weight is 451 g/mol. The number of hydrogen-bond donors (Lipinski definition) is 2. The van der Waals surface area contributed by atoms with Crippen molar-refractivity contribution in [3.8, 4) is 11.5 Å². The summed E-state index contributed by atoms with van der Waals surface area (Å²) in [7, 11) is 3.15. The minimum atomic E-state index is -0.334. The molecule has 3 aromatic carbocycles. The number of methoxy groups -OCH3 is 2. The molecule has 2 N–H and O–H groups in total. The fourth-order valence-electron chi connectivity index (χ4n) is 3.40. The van der Waals surface area contributed by atoms with Crippen molar-refractivity contribution in [3.63, 3.8) is 0 Å². The Morgan fingerprint density at radius 3 is 2.36 bits per heavy atom. The predicted octanol–water partition coefficient (Wildman–Crippen LogP) is 4.39. The van der Waals surface area contributed by atoms with Crippen molar-refractivity contribution >= 4 is 17.5 Å². The van der Waals surface area contributed by atoms with Gasteiger partial charge in [0.1, 0.15) is 5.82 Å². The van der Waals surface area contributed by atoms with Crippen LogP contribution in [0.4, 0.5) is 10.1 Å². The van der Waals surface area contributed by atoms with Crippen LogP contribution in [0, 0.1) is 5.82 Å². The van der Waals surface area contributed by atoms with E-state index >= 15 is 0 Å². The van der Waals surface area contributed by atoms with E-state index in [0.717, 1.165) is 5.56 Å². The molecule has 33 heavy (non-hydrogen) atoms. The van der Waals surface area contributed by atoms with Crippen LogP contribution < -0.4 is 20.1 Å². The van der Waals surface area contributed by atoms with Crippen LogP contribution in [0.25, 0.3) is 0 Å². The second-order valence-corrected chi connectivity index (χ2v) is 7.38. The molecule has 0 spiro atoms. The van der Waals surface area contributed by atoms with Gasteiger partial charge in [-0.25, -0.2) is 4.39 Å². The molecule has 0 bridgehead atoms. The van der Waals surface area contributed by atoms with E-state index in [0.29, 0.717) is 41.3 Å². The SMILES string of the molecule is COc1ccc(CCNC(=O)c2ccccc2NC(=O)CCc2ccccc2F)cc1OC. The van der Waals surface area contributed by atoms with Crippen LogP contribution in [0.1, 0.15) is 27.9 Å². The third kappa shape index (κ3) is 6.55. The summed E-state index contributed by atoms with van der Waals surface area (Å²) in [5, 5.41) is 5.64. The van der Waals surface area contributed by atoms with Crippen LogP contribution in [0.15, 0.2) is 66.7 Å². The van der Waals surface area contributed by atoms with Crippen molar-refractivity contribution in [1.29, 1.82) is 0 Å². The number of halogens is 1. The smallest absolute Gasteiger partial charge is 0.253 e. The maximum Gasteiger partial charge on any atom is 0.253 e. The van der Waals surface area contributed by atoms with Crippen molar-refractivity contribution in [3.05, 3.63) is 89.2 Å². The monoisotopic (exact) mass is 450 g/mol. The van der Waals surface area contributed by atoms with E-state index in [4.69, 9.17) is 9.47 Å². The second-order valence-electron chi connectivity index (χ2n) is 7.38. The van der Waals surface area contributed by atoms with Gasteiger partial charge in [-0.3, -0.25) is 9.59 Å². The van der Waals surface area contributed by atoms with E-state index in [2.05, 4.69) is 10.6 Å². The Morgan fingerprint density at radius 1 is 0.879 bits per heavy atom. The van der Waals surface area contributed by atoms with Crippen LogP contribution in [0.5, 0.6) is 11.5 Å². The molecule has 0 atom stereocenters. The van der Waals surface area contributed by atoms with Gasteiger partial charge in [-0.1, -0.05) is 36.4 Å². The molecule has 0 aliphatic heterocycles. The highest BCUT2D eigenvalue weighted by Crippen LogP contribution is 2.27. The number of para-hydroxylation sites is 1. The van der Waals surface area contributed by atoms with Crippen LogP contribution in [-0.4, -0.2) is 32.6 Å². The summed E-state index contributed by atoms with van der Waals surface area (Å²) in [4.78, 5) is 25.1. The van der Waals surface area contributed by atoms with E-state index < -0.39 is 0 Å². The summed E-state index contributed by atoms with van der Waals surface area (Å²) < 4.78 is 24.3. The summed E-state index contributed by atoms with van der Waals surface area (Å²) in [6, 6.07) is 18.8. The lowest BCUT2D eigenvalue weighted by molar-refractivity contribution is -0.116. The molecular formula is C26H27FN2O4. The second kappa shape index (κ2) is 11.7. The highest BCUT2D eigenvalue weighted by Gasteiger charge is 2.14. The zero-order chi connectivity index (χ0) is 23.6. The molecular weight excluding hydrogens is 423 g/mol. The summed E-state index contributed by atoms with van der Waals surface area (Å²) in [5.74, 6) is 0.360. The minimum Gasteiger partial charge on any atom is -0.493 e. The zero-order valence-electron chi connectivity index (χ0n) is 18.7.